The largest absolute Gasteiger partial charge is 0.485 e. The van der Waals surface area contributed by atoms with Gasteiger partial charge in [-0.2, -0.15) is 0 Å². The lowest BCUT2D eigenvalue weighted by atomic mass is 10.2. The molecule has 1 amide bonds. The van der Waals surface area contributed by atoms with Crippen molar-refractivity contribution < 1.29 is 23.5 Å². The summed E-state index contributed by atoms with van der Waals surface area (Å²) in [6.07, 6.45) is 2.79. The average Bonchev–Trinajstić information content (AvgIpc) is 3.50. The molecule has 1 aliphatic rings. The number of ether oxygens (including phenoxy) is 2. The van der Waals surface area contributed by atoms with Crippen molar-refractivity contribution >= 4 is 28.6 Å². The average molecular weight is 507 g/mol. The number of aryl methyl sites for hydroxylation is 1. The molecule has 1 saturated heterocycles. The SMILES string of the molecule is CCCCn1c(C(=O)N2CC(Oc3ccccc3F)CC2C(=O)OC)cc2c(=O)n3ccccc3nc21. The molecule has 0 aliphatic carbocycles. The van der Waals surface area contributed by atoms with Gasteiger partial charge in [0, 0.05) is 19.2 Å². The summed E-state index contributed by atoms with van der Waals surface area (Å²) in [5.41, 5.74) is 0.865. The fourth-order valence-corrected chi connectivity index (χ4v) is 4.81. The maximum atomic E-state index is 14.2. The lowest BCUT2D eigenvalue weighted by Gasteiger charge is -2.23. The first kappa shape index (κ1) is 24.5. The Balaban J connectivity index is 1.56. The third-order valence-electron chi connectivity index (χ3n) is 6.66. The number of likely N-dealkylation sites (tertiary alicyclic amines) is 1. The Kier molecular flexibility index (Phi) is 6.64. The number of halogens is 1. The molecule has 0 N–H and O–H groups in total. The first-order valence-electron chi connectivity index (χ1n) is 12.2. The van der Waals surface area contributed by atoms with Crippen molar-refractivity contribution in [1.29, 1.82) is 0 Å². The number of unbranched alkanes of at least 4 members (excludes halogenated alkanes) is 1. The minimum atomic E-state index is -0.917. The molecule has 9 nitrogen and oxygen atoms in total. The molecule has 1 fully saturated rings. The van der Waals surface area contributed by atoms with Crippen LogP contribution in [0.5, 0.6) is 5.75 Å². The molecule has 0 spiro atoms. The number of hydrogen-bond donors (Lipinski definition) is 0. The van der Waals surface area contributed by atoms with E-state index < -0.39 is 29.8 Å². The van der Waals surface area contributed by atoms with Crippen LogP contribution in [-0.2, 0) is 16.1 Å². The van der Waals surface area contributed by atoms with Crippen LogP contribution in [-0.4, -0.2) is 56.5 Å². The van der Waals surface area contributed by atoms with Crippen molar-refractivity contribution in [3.8, 4) is 5.75 Å². The number of pyridine rings is 1. The molecule has 2 unspecified atom stereocenters. The number of para-hydroxylation sites is 1. The van der Waals surface area contributed by atoms with Crippen molar-refractivity contribution in [2.45, 2.75) is 44.9 Å². The maximum absolute atomic E-state index is 14.2. The van der Waals surface area contributed by atoms with E-state index in [0.29, 0.717) is 23.2 Å². The van der Waals surface area contributed by atoms with E-state index in [1.165, 1.54) is 28.5 Å². The predicted molar refractivity (Wildman–Crippen MR) is 134 cm³/mol. The van der Waals surface area contributed by atoms with Gasteiger partial charge in [0.15, 0.2) is 11.6 Å². The van der Waals surface area contributed by atoms with Crippen molar-refractivity contribution in [3.63, 3.8) is 0 Å². The van der Waals surface area contributed by atoms with Gasteiger partial charge in [0.05, 0.1) is 19.0 Å². The first-order valence-corrected chi connectivity index (χ1v) is 12.2. The summed E-state index contributed by atoms with van der Waals surface area (Å²) in [6, 6.07) is 11.9. The number of methoxy groups -OCH3 is 1. The fourth-order valence-electron chi connectivity index (χ4n) is 4.81. The smallest absolute Gasteiger partial charge is 0.328 e. The van der Waals surface area contributed by atoms with Gasteiger partial charge in [0.25, 0.3) is 11.5 Å². The summed E-state index contributed by atoms with van der Waals surface area (Å²) in [5.74, 6) is -1.52. The summed E-state index contributed by atoms with van der Waals surface area (Å²) in [5, 5.41) is 0.316. The summed E-state index contributed by atoms with van der Waals surface area (Å²) in [6.45, 7) is 2.56. The lowest BCUT2D eigenvalue weighted by Crippen LogP contribution is -2.42. The third kappa shape index (κ3) is 4.43. The highest BCUT2D eigenvalue weighted by Crippen LogP contribution is 2.28. The Morgan fingerprint density at radius 1 is 1.16 bits per heavy atom. The van der Waals surface area contributed by atoms with E-state index in [9.17, 15) is 18.8 Å². The lowest BCUT2D eigenvalue weighted by molar-refractivity contribution is -0.145. The van der Waals surface area contributed by atoms with Crippen LogP contribution in [0.25, 0.3) is 16.7 Å². The molecule has 4 aromatic rings. The molecule has 1 aliphatic heterocycles. The topological polar surface area (TPSA) is 95.1 Å². The number of esters is 1. The van der Waals surface area contributed by atoms with Crippen molar-refractivity contribution in [2.24, 2.45) is 0 Å². The van der Waals surface area contributed by atoms with Gasteiger partial charge >= 0.3 is 5.97 Å². The van der Waals surface area contributed by atoms with Crippen LogP contribution in [0.1, 0.15) is 36.7 Å². The van der Waals surface area contributed by atoms with Gasteiger partial charge in [-0.3, -0.25) is 14.0 Å². The highest BCUT2D eigenvalue weighted by molar-refractivity contribution is 6.00. The third-order valence-corrected chi connectivity index (χ3v) is 6.66. The number of amides is 1. The number of hydrogen-bond acceptors (Lipinski definition) is 6. The molecule has 37 heavy (non-hydrogen) atoms. The van der Waals surface area contributed by atoms with Crippen LogP contribution >= 0.6 is 0 Å². The second-order valence-electron chi connectivity index (χ2n) is 9.02. The van der Waals surface area contributed by atoms with E-state index in [1.807, 2.05) is 6.92 Å². The van der Waals surface area contributed by atoms with Crippen LogP contribution in [0.15, 0.2) is 59.5 Å². The Morgan fingerprint density at radius 2 is 1.95 bits per heavy atom. The summed E-state index contributed by atoms with van der Waals surface area (Å²) in [4.78, 5) is 45.9. The van der Waals surface area contributed by atoms with Gasteiger partial charge < -0.3 is 18.9 Å². The molecular formula is C27H27FN4O5. The quantitative estimate of drug-likeness (QED) is 0.357. The number of carbonyl (C=O) groups is 2. The molecule has 2 atom stereocenters. The number of aromatic nitrogens is 3. The number of fused-ring (bicyclic) bond motifs is 2. The van der Waals surface area contributed by atoms with E-state index in [-0.39, 0.29) is 30.0 Å². The van der Waals surface area contributed by atoms with Gasteiger partial charge in [0.2, 0.25) is 0 Å². The van der Waals surface area contributed by atoms with Crippen LogP contribution in [0.2, 0.25) is 0 Å². The normalized spacial score (nSPS) is 17.4. The zero-order valence-corrected chi connectivity index (χ0v) is 20.6. The van der Waals surface area contributed by atoms with Crippen LogP contribution in [0.4, 0.5) is 4.39 Å². The number of carbonyl (C=O) groups excluding carboxylic acids is 2. The van der Waals surface area contributed by atoms with Gasteiger partial charge in [-0.25, -0.2) is 14.2 Å². The van der Waals surface area contributed by atoms with Gasteiger partial charge in [-0.1, -0.05) is 31.5 Å². The highest BCUT2D eigenvalue weighted by Gasteiger charge is 2.43. The van der Waals surface area contributed by atoms with Gasteiger partial charge in [0.1, 0.15) is 29.1 Å². The number of benzene rings is 1. The van der Waals surface area contributed by atoms with Crippen LogP contribution < -0.4 is 10.3 Å². The van der Waals surface area contributed by atoms with Crippen molar-refractivity contribution in [3.05, 3.63) is 76.6 Å². The Bertz CT molecular complexity index is 1550. The molecule has 0 radical (unpaired) electrons. The van der Waals surface area contributed by atoms with Crippen LogP contribution in [0, 0.1) is 5.82 Å². The Hall–Kier alpha value is -4.21. The minimum absolute atomic E-state index is 0.0476. The monoisotopic (exact) mass is 506 g/mol. The maximum Gasteiger partial charge on any atom is 0.328 e. The zero-order valence-electron chi connectivity index (χ0n) is 20.6. The molecule has 10 heteroatoms. The Labute approximate surface area is 212 Å². The molecule has 192 valence electrons. The van der Waals surface area contributed by atoms with Gasteiger partial charge in [-0.15, -0.1) is 0 Å². The Morgan fingerprint density at radius 3 is 2.70 bits per heavy atom. The predicted octanol–water partition coefficient (Wildman–Crippen LogP) is 3.42. The minimum Gasteiger partial charge on any atom is -0.485 e. The van der Waals surface area contributed by atoms with Gasteiger partial charge in [-0.05, 0) is 36.8 Å². The second-order valence-corrected chi connectivity index (χ2v) is 9.02. The number of nitrogens with zero attached hydrogens (tertiary/aromatic N) is 4. The fraction of sp³-hybridized carbons (Fsp3) is 0.333. The van der Waals surface area contributed by atoms with E-state index in [4.69, 9.17) is 9.47 Å². The van der Waals surface area contributed by atoms with E-state index in [1.54, 1.807) is 47.2 Å². The van der Waals surface area contributed by atoms with Crippen LogP contribution in [0.3, 0.4) is 0 Å². The second kappa shape index (κ2) is 10.0. The molecule has 0 saturated carbocycles. The van der Waals surface area contributed by atoms with E-state index in [2.05, 4.69) is 4.98 Å². The standard InChI is InChI=1S/C27H27FN4O5/c1-3-4-12-30-20(15-18-24(30)29-23-11-7-8-13-31(23)25(18)33)26(34)32-16-17(14-21(32)27(35)36-2)37-22-10-6-5-9-19(22)28/h5-11,13,15,17,21H,3-4,12,14,16H2,1-2H3. The first-order chi connectivity index (χ1) is 17.9. The molecular weight excluding hydrogens is 479 g/mol. The number of rotatable bonds is 7. The molecule has 5 rings (SSSR count). The van der Waals surface area contributed by atoms with Crippen molar-refractivity contribution in [1.82, 2.24) is 18.9 Å². The van der Waals surface area contributed by atoms with E-state index in [0.717, 1.165) is 12.8 Å². The molecule has 4 heterocycles. The summed E-state index contributed by atoms with van der Waals surface area (Å²) in [7, 11) is 1.25. The molecule has 1 aromatic carbocycles. The highest BCUT2D eigenvalue weighted by atomic mass is 19.1. The molecule has 0 bridgehead atoms. The van der Waals surface area contributed by atoms with Crippen molar-refractivity contribution in [2.75, 3.05) is 13.7 Å². The zero-order chi connectivity index (χ0) is 26.1. The summed E-state index contributed by atoms with van der Waals surface area (Å²) >= 11 is 0. The molecule has 3 aromatic heterocycles. The summed E-state index contributed by atoms with van der Waals surface area (Å²) < 4.78 is 28.2. The van der Waals surface area contributed by atoms with E-state index >= 15 is 0 Å².